The van der Waals surface area contributed by atoms with Gasteiger partial charge in [0.05, 0.1) is 0 Å². The monoisotopic (exact) mass is 274 g/mol. The lowest BCUT2D eigenvalue weighted by molar-refractivity contribution is 0.0254. The van der Waals surface area contributed by atoms with Crippen LogP contribution in [0.4, 0.5) is 0 Å². The van der Waals surface area contributed by atoms with Gasteiger partial charge in [0.25, 0.3) is 0 Å². The molecule has 1 aromatic carbocycles. The SMILES string of the molecule is CCCC1CN(C(C)(C)CC)C(c2ccccc2)CN1. The molecule has 1 aliphatic heterocycles. The van der Waals surface area contributed by atoms with Gasteiger partial charge in [-0.1, -0.05) is 50.6 Å². The molecular weight excluding hydrogens is 244 g/mol. The normalized spacial score (nSPS) is 24.8. The Bertz CT molecular complexity index is 399. The molecule has 0 amide bonds. The molecular formula is C18H30N2. The molecule has 2 rings (SSSR count). The van der Waals surface area contributed by atoms with Crippen LogP contribution in [-0.4, -0.2) is 29.6 Å². The van der Waals surface area contributed by atoms with Crippen molar-refractivity contribution < 1.29 is 0 Å². The maximum atomic E-state index is 3.75. The van der Waals surface area contributed by atoms with Crippen LogP contribution in [-0.2, 0) is 0 Å². The number of hydrogen-bond acceptors (Lipinski definition) is 2. The zero-order valence-corrected chi connectivity index (χ0v) is 13.5. The first-order valence-electron chi connectivity index (χ1n) is 8.13. The summed E-state index contributed by atoms with van der Waals surface area (Å²) in [7, 11) is 0. The van der Waals surface area contributed by atoms with Crippen LogP contribution in [0, 0.1) is 0 Å². The average molecular weight is 274 g/mol. The third-order valence-electron chi connectivity index (χ3n) is 4.86. The van der Waals surface area contributed by atoms with E-state index in [0.717, 1.165) is 13.1 Å². The maximum Gasteiger partial charge on any atom is 0.0478 e. The molecule has 2 unspecified atom stereocenters. The van der Waals surface area contributed by atoms with E-state index in [1.165, 1.54) is 24.8 Å². The van der Waals surface area contributed by atoms with E-state index in [0.29, 0.717) is 12.1 Å². The van der Waals surface area contributed by atoms with Crippen LogP contribution in [0.1, 0.15) is 58.6 Å². The predicted molar refractivity (Wildman–Crippen MR) is 87.0 cm³/mol. The summed E-state index contributed by atoms with van der Waals surface area (Å²) in [6, 6.07) is 12.1. The highest BCUT2D eigenvalue weighted by Crippen LogP contribution is 2.33. The average Bonchev–Trinajstić information content (AvgIpc) is 2.48. The summed E-state index contributed by atoms with van der Waals surface area (Å²) in [5, 5.41) is 3.75. The largest absolute Gasteiger partial charge is 0.311 e. The standard InChI is InChI=1S/C18H30N2/c1-5-10-16-14-20(18(3,4)6-2)17(13-19-16)15-11-8-7-9-12-15/h7-9,11-12,16-17,19H,5-6,10,13-14H2,1-4H3. The zero-order valence-electron chi connectivity index (χ0n) is 13.5. The van der Waals surface area contributed by atoms with E-state index < -0.39 is 0 Å². The topological polar surface area (TPSA) is 15.3 Å². The molecule has 2 atom stereocenters. The Labute approximate surface area is 124 Å². The Kier molecular flexibility index (Phi) is 5.22. The lowest BCUT2D eigenvalue weighted by atomic mass is 9.90. The summed E-state index contributed by atoms with van der Waals surface area (Å²) in [6.45, 7) is 11.6. The van der Waals surface area contributed by atoms with Crippen molar-refractivity contribution in [1.82, 2.24) is 10.2 Å². The van der Waals surface area contributed by atoms with Gasteiger partial charge in [0.15, 0.2) is 0 Å². The van der Waals surface area contributed by atoms with Crippen LogP contribution in [0.5, 0.6) is 0 Å². The van der Waals surface area contributed by atoms with Gasteiger partial charge >= 0.3 is 0 Å². The summed E-state index contributed by atoms with van der Waals surface area (Å²) < 4.78 is 0. The van der Waals surface area contributed by atoms with Crippen LogP contribution < -0.4 is 5.32 Å². The summed E-state index contributed by atoms with van der Waals surface area (Å²) in [5.41, 5.74) is 1.70. The Morgan fingerprint density at radius 1 is 1.20 bits per heavy atom. The Hall–Kier alpha value is -0.860. The second kappa shape index (κ2) is 6.73. The highest BCUT2D eigenvalue weighted by Gasteiger charge is 2.36. The molecule has 0 aromatic heterocycles. The summed E-state index contributed by atoms with van der Waals surface area (Å²) in [5.74, 6) is 0. The fraction of sp³-hybridized carbons (Fsp3) is 0.667. The summed E-state index contributed by atoms with van der Waals surface area (Å²) >= 11 is 0. The van der Waals surface area contributed by atoms with E-state index in [2.05, 4.69) is 68.2 Å². The minimum Gasteiger partial charge on any atom is -0.311 e. The van der Waals surface area contributed by atoms with Gasteiger partial charge in [-0.25, -0.2) is 0 Å². The number of hydrogen-bond donors (Lipinski definition) is 1. The minimum atomic E-state index is 0.259. The molecule has 0 aliphatic carbocycles. The first-order valence-corrected chi connectivity index (χ1v) is 8.13. The molecule has 1 N–H and O–H groups in total. The second-order valence-corrected chi connectivity index (χ2v) is 6.64. The highest BCUT2D eigenvalue weighted by molar-refractivity contribution is 5.21. The van der Waals surface area contributed by atoms with E-state index in [1.807, 2.05) is 0 Å². The quantitative estimate of drug-likeness (QED) is 0.873. The number of nitrogens with zero attached hydrogens (tertiary/aromatic N) is 1. The number of benzene rings is 1. The lowest BCUT2D eigenvalue weighted by Gasteiger charge is -2.49. The van der Waals surface area contributed by atoms with Gasteiger partial charge in [0.2, 0.25) is 0 Å². The lowest BCUT2D eigenvalue weighted by Crippen LogP contribution is -2.58. The van der Waals surface area contributed by atoms with Crippen molar-refractivity contribution >= 4 is 0 Å². The van der Waals surface area contributed by atoms with Crippen molar-refractivity contribution in [2.75, 3.05) is 13.1 Å². The van der Waals surface area contributed by atoms with Gasteiger partial charge in [0, 0.05) is 30.7 Å². The van der Waals surface area contributed by atoms with Crippen LogP contribution in [0.15, 0.2) is 30.3 Å². The molecule has 2 heteroatoms. The molecule has 1 fully saturated rings. The first-order chi connectivity index (χ1) is 9.58. The Morgan fingerprint density at radius 2 is 1.90 bits per heavy atom. The molecule has 0 saturated carbocycles. The van der Waals surface area contributed by atoms with Crippen molar-refractivity contribution in [3.05, 3.63) is 35.9 Å². The fourth-order valence-electron chi connectivity index (χ4n) is 3.20. The van der Waals surface area contributed by atoms with Crippen LogP contribution in [0.25, 0.3) is 0 Å². The summed E-state index contributed by atoms with van der Waals surface area (Å²) in [6.07, 6.45) is 3.72. The van der Waals surface area contributed by atoms with Crippen LogP contribution in [0.3, 0.4) is 0 Å². The minimum absolute atomic E-state index is 0.259. The van der Waals surface area contributed by atoms with Crippen LogP contribution in [0.2, 0.25) is 0 Å². The molecule has 112 valence electrons. The zero-order chi connectivity index (χ0) is 14.6. The fourth-order valence-corrected chi connectivity index (χ4v) is 3.20. The smallest absolute Gasteiger partial charge is 0.0478 e. The molecule has 20 heavy (non-hydrogen) atoms. The Balaban J connectivity index is 2.22. The van der Waals surface area contributed by atoms with E-state index in [1.54, 1.807) is 0 Å². The van der Waals surface area contributed by atoms with Crippen molar-refractivity contribution in [3.8, 4) is 0 Å². The van der Waals surface area contributed by atoms with Gasteiger partial charge in [0.1, 0.15) is 0 Å². The van der Waals surface area contributed by atoms with Crippen molar-refractivity contribution in [1.29, 1.82) is 0 Å². The molecule has 0 spiro atoms. The molecule has 1 heterocycles. The number of piperazine rings is 1. The molecule has 2 nitrogen and oxygen atoms in total. The number of rotatable bonds is 5. The van der Waals surface area contributed by atoms with Gasteiger partial charge in [-0.2, -0.15) is 0 Å². The predicted octanol–water partition coefficient (Wildman–Crippen LogP) is 3.99. The third kappa shape index (κ3) is 3.42. The van der Waals surface area contributed by atoms with Crippen molar-refractivity contribution in [3.63, 3.8) is 0 Å². The van der Waals surface area contributed by atoms with Gasteiger partial charge < -0.3 is 5.32 Å². The van der Waals surface area contributed by atoms with Crippen molar-refractivity contribution in [2.24, 2.45) is 0 Å². The molecule has 0 bridgehead atoms. The molecule has 1 saturated heterocycles. The maximum absolute atomic E-state index is 3.75. The van der Waals surface area contributed by atoms with Crippen molar-refractivity contribution in [2.45, 2.75) is 64.6 Å². The highest BCUT2D eigenvalue weighted by atomic mass is 15.3. The van der Waals surface area contributed by atoms with E-state index in [-0.39, 0.29) is 5.54 Å². The Morgan fingerprint density at radius 3 is 2.50 bits per heavy atom. The van der Waals surface area contributed by atoms with Gasteiger partial charge in [-0.05, 0) is 32.3 Å². The number of nitrogens with one attached hydrogen (secondary N) is 1. The first kappa shape index (κ1) is 15.5. The molecule has 0 radical (unpaired) electrons. The second-order valence-electron chi connectivity index (χ2n) is 6.64. The van der Waals surface area contributed by atoms with Crippen LogP contribution >= 0.6 is 0 Å². The van der Waals surface area contributed by atoms with E-state index >= 15 is 0 Å². The van der Waals surface area contributed by atoms with E-state index in [4.69, 9.17) is 0 Å². The molecule has 1 aliphatic rings. The van der Waals surface area contributed by atoms with Gasteiger partial charge in [-0.3, -0.25) is 4.90 Å². The van der Waals surface area contributed by atoms with Gasteiger partial charge in [-0.15, -0.1) is 0 Å². The third-order valence-corrected chi connectivity index (χ3v) is 4.86. The molecule has 1 aromatic rings. The van der Waals surface area contributed by atoms with E-state index in [9.17, 15) is 0 Å². The summed E-state index contributed by atoms with van der Waals surface area (Å²) in [4.78, 5) is 2.72.